The van der Waals surface area contributed by atoms with E-state index < -0.39 is 16.0 Å². The average Bonchev–Trinajstić information content (AvgIpc) is 2.65. The fourth-order valence-electron chi connectivity index (χ4n) is 2.98. The summed E-state index contributed by atoms with van der Waals surface area (Å²) in [6.45, 7) is 4.11. The number of sulfonamides is 1. The van der Waals surface area contributed by atoms with Gasteiger partial charge in [0.25, 0.3) is 10.0 Å². The molecule has 26 heavy (non-hydrogen) atoms. The van der Waals surface area contributed by atoms with Crippen LogP contribution in [0, 0.1) is 0 Å². The van der Waals surface area contributed by atoms with Crippen molar-refractivity contribution in [3.05, 3.63) is 59.7 Å². The highest BCUT2D eigenvalue weighted by atomic mass is 32.2. The maximum absolute atomic E-state index is 13.3. The van der Waals surface area contributed by atoms with E-state index in [4.69, 9.17) is 5.11 Å². The second-order valence-electron chi connectivity index (χ2n) is 6.02. The predicted molar refractivity (Wildman–Crippen MR) is 103 cm³/mol. The number of benzene rings is 2. The van der Waals surface area contributed by atoms with Crippen molar-refractivity contribution in [2.24, 2.45) is 0 Å². The molecule has 0 aliphatic carbocycles. The number of carboxylic acids is 1. The van der Waals surface area contributed by atoms with Crippen LogP contribution in [-0.2, 0) is 27.7 Å². The first-order valence-corrected chi connectivity index (χ1v) is 10.3. The molecule has 0 spiro atoms. The number of aliphatic carboxylic acids is 1. The van der Waals surface area contributed by atoms with Gasteiger partial charge in [-0.3, -0.25) is 9.10 Å². The topological polar surface area (TPSA) is 74.7 Å². The molecule has 0 atom stereocenters. The number of hydrogen-bond donors (Lipinski definition) is 1. The predicted octanol–water partition coefficient (Wildman–Crippen LogP) is 3.87. The van der Waals surface area contributed by atoms with E-state index in [-0.39, 0.29) is 24.3 Å². The molecule has 0 radical (unpaired) electrons. The van der Waals surface area contributed by atoms with E-state index in [1.54, 1.807) is 30.3 Å². The van der Waals surface area contributed by atoms with Gasteiger partial charge in [0.15, 0.2) is 0 Å². The van der Waals surface area contributed by atoms with Crippen LogP contribution in [0.5, 0.6) is 0 Å². The van der Waals surface area contributed by atoms with Crippen LogP contribution < -0.4 is 4.31 Å². The zero-order valence-corrected chi connectivity index (χ0v) is 16.0. The first-order chi connectivity index (χ1) is 12.4. The van der Waals surface area contributed by atoms with Gasteiger partial charge in [0, 0.05) is 13.0 Å². The Hall–Kier alpha value is -2.34. The maximum atomic E-state index is 13.3. The first kappa shape index (κ1) is 20.0. The number of hydrogen-bond acceptors (Lipinski definition) is 3. The van der Waals surface area contributed by atoms with Crippen LogP contribution in [0.25, 0.3) is 0 Å². The Morgan fingerprint density at radius 2 is 1.54 bits per heavy atom. The maximum Gasteiger partial charge on any atom is 0.303 e. The molecule has 5 nitrogen and oxygen atoms in total. The van der Waals surface area contributed by atoms with Crippen molar-refractivity contribution >= 4 is 21.7 Å². The van der Waals surface area contributed by atoms with E-state index in [0.717, 1.165) is 11.1 Å². The monoisotopic (exact) mass is 375 g/mol. The summed E-state index contributed by atoms with van der Waals surface area (Å²) in [7, 11) is -3.78. The molecule has 1 N–H and O–H groups in total. The van der Waals surface area contributed by atoms with Crippen LogP contribution >= 0.6 is 0 Å². The molecule has 0 aliphatic heterocycles. The van der Waals surface area contributed by atoms with Gasteiger partial charge in [-0.15, -0.1) is 0 Å². The molecule has 0 heterocycles. The third-order valence-electron chi connectivity index (χ3n) is 4.30. The van der Waals surface area contributed by atoms with Crippen molar-refractivity contribution in [3.8, 4) is 0 Å². The summed E-state index contributed by atoms with van der Waals surface area (Å²) in [6.07, 6.45) is 1.57. The summed E-state index contributed by atoms with van der Waals surface area (Å²) in [4.78, 5) is 11.1. The lowest BCUT2D eigenvalue weighted by Crippen LogP contribution is -2.34. The Kier molecular flexibility index (Phi) is 6.80. The van der Waals surface area contributed by atoms with E-state index >= 15 is 0 Å². The number of aryl methyl sites for hydroxylation is 2. The number of nitrogens with zero attached hydrogens (tertiary/aromatic N) is 1. The number of carbonyl (C=O) groups is 1. The molecule has 0 aliphatic rings. The molecule has 2 rings (SSSR count). The summed E-state index contributed by atoms with van der Waals surface area (Å²) in [5.41, 5.74) is 2.57. The lowest BCUT2D eigenvalue weighted by atomic mass is 10.0. The normalized spacial score (nSPS) is 11.3. The van der Waals surface area contributed by atoms with Crippen LogP contribution in [-0.4, -0.2) is 26.0 Å². The van der Waals surface area contributed by atoms with E-state index in [2.05, 4.69) is 0 Å². The van der Waals surface area contributed by atoms with Crippen LogP contribution in [0.4, 0.5) is 5.69 Å². The zero-order chi connectivity index (χ0) is 19.2. The summed E-state index contributed by atoms with van der Waals surface area (Å²) in [6, 6.07) is 14.1. The number of para-hydroxylation sites is 1. The van der Waals surface area contributed by atoms with Crippen molar-refractivity contribution in [1.82, 2.24) is 0 Å². The van der Waals surface area contributed by atoms with Gasteiger partial charge in [-0.25, -0.2) is 8.42 Å². The fraction of sp³-hybridized carbons (Fsp3) is 0.350. The minimum absolute atomic E-state index is 0.0729. The largest absolute Gasteiger partial charge is 0.481 e. The van der Waals surface area contributed by atoms with Crippen LogP contribution in [0.1, 0.15) is 37.8 Å². The molecule has 140 valence electrons. The lowest BCUT2D eigenvalue weighted by molar-refractivity contribution is -0.137. The highest BCUT2D eigenvalue weighted by molar-refractivity contribution is 7.92. The molecule has 0 saturated carbocycles. The second-order valence-corrected chi connectivity index (χ2v) is 7.88. The van der Waals surface area contributed by atoms with Crippen LogP contribution in [0.3, 0.4) is 0 Å². The lowest BCUT2D eigenvalue weighted by Gasteiger charge is -2.28. The Morgan fingerprint density at radius 3 is 2.04 bits per heavy atom. The van der Waals surface area contributed by atoms with Gasteiger partial charge in [-0.05, 0) is 42.5 Å². The molecule has 0 amide bonds. The van der Waals surface area contributed by atoms with Gasteiger partial charge in [0.05, 0.1) is 10.6 Å². The highest BCUT2D eigenvalue weighted by Gasteiger charge is 2.27. The van der Waals surface area contributed by atoms with Gasteiger partial charge in [-0.2, -0.15) is 0 Å². The summed E-state index contributed by atoms with van der Waals surface area (Å²) in [5.74, 6) is -0.929. The third kappa shape index (κ3) is 4.43. The van der Waals surface area contributed by atoms with Gasteiger partial charge in [-0.1, -0.05) is 50.2 Å². The minimum Gasteiger partial charge on any atom is -0.481 e. The highest BCUT2D eigenvalue weighted by Crippen LogP contribution is 2.32. The molecular formula is C20H25NO4S. The molecule has 2 aromatic carbocycles. The van der Waals surface area contributed by atoms with Gasteiger partial charge in [0.1, 0.15) is 0 Å². The van der Waals surface area contributed by atoms with Crippen molar-refractivity contribution in [2.75, 3.05) is 10.8 Å². The van der Waals surface area contributed by atoms with Crippen LogP contribution in [0.15, 0.2) is 53.4 Å². The van der Waals surface area contributed by atoms with E-state index in [0.29, 0.717) is 18.5 Å². The van der Waals surface area contributed by atoms with Crippen molar-refractivity contribution in [3.63, 3.8) is 0 Å². The molecule has 0 bridgehead atoms. The number of anilines is 1. The van der Waals surface area contributed by atoms with Gasteiger partial charge in [0.2, 0.25) is 0 Å². The second kappa shape index (κ2) is 8.85. The minimum atomic E-state index is -3.78. The SMILES string of the molecule is CCc1cccc(CC)c1N(CCCC(=O)O)S(=O)(=O)c1ccccc1. The van der Waals surface area contributed by atoms with E-state index in [1.807, 2.05) is 32.0 Å². The smallest absolute Gasteiger partial charge is 0.303 e. The van der Waals surface area contributed by atoms with E-state index in [1.165, 1.54) is 4.31 Å². The Bertz CT molecular complexity index is 825. The van der Waals surface area contributed by atoms with Crippen molar-refractivity contribution in [2.45, 2.75) is 44.4 Å². The standard InChI is InChI=1S/C20H25NO4S/c1-3-16-10-8-11-17(4-2)20(16)21(15-9-14-19(22)23)26(24,25)18-12-6-5-7-13-18/h5-8,10-13H,3-4,9,14-15H2,1-2H3,(H,22,23). The van der Waals surface area contributed by atoms with Crippen molar-refractivity contribution in [1.29, 1.82) is 0 Å². The number of rotatable bonds is 9. The number of carboxylic acid groups (broad SMARTS) is 1. The molecule has 2 aromatic rings. The third-order valence-corrected chi connectivity index (χ3v) is 6.11. The molecule has 6 heteroatoms. The van der Waals surface area contributed by atoms with Gasteiger partial charge >= 0.3 is 5.97 Å². The Labute approximate surface area is 155 Å². The summed E-state index contributed by atoms with van der Waals surface area (Å²) < 4.78 is 28.0. The average molecular weight is 375 g/mol. The molecule has 0 aromatic heterocycles. The van der Waals surface area contributed by atoms with Crippen molar-refractivity contribution < 1.29 is 18.3 Å². The summed E-state index contributed by atoms with van der Waals surface area (Å²) >= 11 is 0. The zero-order valence-electron chi connectivity index (χ0n) is 15.2. The first-order valence-electron chi connectivity index (χ1n) is 8.82. The van der Waals surface area contributed by atoms with Crippen LogP contribution in [0.2, 0.25) is 0 Å². The molecule has 0 unspecified atom stereocenters. The quantitative estimate of drug-likeness (QED) is 0.722. The molecular weight excluding hydrogens is 350 g/mol. The Morgan fingerprint density at radius 1 is 0.962 bits per heavy atom. The molecule has 0 fully saturated rings. The summed E-state index contributed by atoms with van der Waals surface area (Å²) in [5, 5.41) is 8.95. The van der Waals surface area contributed by atoms with E-state index in [9.17, 15) is 13.2 Å². The molecule has 0 saturated heterocycles. The Balaban J connectivity index is 2.57. The fourth-order valence-corrected chi connectivity index (χ4v) is 4.58. The van der Waals surface area contributed by atoms with Gasteiger partial charge < -0.3 is 5.11 Å².